The van der Waals surface area contributed by atoms with Crippen molar-refractivity contribution in [3.63, 3.8) is 0 Å². The van der Waals surface area contributed by atoms with Crippen LogP contribution in [-0.4, -0.2) is 41.0 Å². The quantitative estimate of drug-likeness (QED) is 0.668. The van der Waals surface area contributed by atoms with Crippen LogP contribution in [0, 0.1) is 0 Å². The second kappa shape index (κ2) is 6.78. The van der Waals surface area contributed by atoms with E-state index in [1.807, 2.05) is 49.3 Å². The molecule has 128 valence electrons. The molecule has 3 N–H and O–H groups in total. The van der Waals surface area contributed by atoms with Gasteiger partial charge in [0.25, 0.3) is 0 Å². The van der Waals surface area contributed by atoms with E-state index < -0.39 is 12.0 Å². The van der Waals surface area contributed by atoms with E-state index in [0.29, 0.717) is 16.6 Å². The molecular formula is C19H19N3O3. The number of hydrogen-bond acceptors (Lipinski definition) is 3. The molecule has 1 aromatic heterocycles. The van der Waals surface area contributed by atoms with Crippen LogP contribution in [0.15, 0.2) is 54.7 Å². The summed E-state index contributed by atoms with van der Waals surface area (Å²) in [4.78, 5) is 29.1. The van der Waals surface area contributed by atoms with Gasteiger partial charge in [-0.3, -0.25) is 9.69 Å². The fraction of sp³-hybridized carbons (Fsp3) is 0.158. The summed E-state index contributed by atoms with van der Waals surface area (Å²) in [6.45, 7) is 0. The second-order valence-corrected chi connectivity index (χ2v) is 6.03. The first-order valence-corrected chi connectivity index (χ1v) is 7.84. The van der Waals surface area contributed by atoms with Crippen LogP contribution in [0.25, 0.3) is 10.9 Å². The molecule has 6 heteroatoms. The zero-order valence-electron chi connectivity index (χ0n) is 14.0. The first kappa shape index (κ1) is 16.7. The molecule has 0 fully saturated rings. The predicted molar refractivity (Wildman–Crippen MR) is 96.8 cm³/mol. The van der Waals surface area contributed by atoms with Crippen molar-refractivity contribution in [1.29, 1.82) is 0 Å². The van der Waals surface area contributed by atoms with E-state index in [-0.39, 0.29) is 11.5 Å². The Morgan fingerprint density at radius 3 is 2.48 bits per heavy atom. The van der Waals surface area contributed by atoms with Crippen LogP contribution in [0.2, 0.25) is 0 Å². The van der Waals surface area contributed by atoms with Gasteiger partial charge >= 0.3 is 5.97 Å². The fourth-order valence-corrected chi connectivity index (χ4v) is 2.95. The number of aromatic carboxylic acids is 1. The molecule has 0 unspecified atom stereocenters. The lowest BCUT2D eigenvalue weighted by Crippen LogP contribution is -2.32. The van der Waals surface area contributed by atoms with Crippen molar-refractivity contribution in [3.8, 4) is 0 Å². The van der Waals surface area contributed by atoms with E-state index in [2.05, 4.69) is 10.3 Å². The van der Waals surface area contributed by atoms with Crippen molar-refractivity contribution in [2.24, 2.45) is 0 Å². The van der Waals surface area contributed by atoms with Gasteiger partial charge in [0.05, 0.1) is 5.56 Å². The van der Waals surface area contributed by atoms with Gasteiger partial charge in [0.15, 0.2) is 0 Å². The molecule has 0 saturated heterocycles. The molecule has 3 rings (SSSR count). The Balaban J connectivity index is 1.94. The Kier molecular flexibility index (Phi) is 4.54. The summed E-state index contributed by atoms with van der Waals surface area (Å²) in [6, 6.07) is 13.9. The van der Waals surface area contributed by atoms with Gasteiger partial charge in [-0.2, -0.15) is 0 Å². The molecule has 1 atom stereocenters. The number of nitrogens with zero attached hydrogens (tertiary/aromatic N) is 1. The molecule has 0 aliphatic carbocycles. The third kappa shape index (κ3) is 3.39. The average Bonchev–Trinajstić information content (AvgIpc) is 3.03. The number of aromatic amines is 1. The molecule has 1 amide bonds. The monoisotopic (exact) mass is 337 g/mol. The molecule has 0 aliphatic rings. The van der Waals surface area contributed by atoms with Crippen molar-refractivity contribution in [2.75, 3.05) is 19.4 Å². The lowest BCUT2D eigenvalue weighted by atomic mass is 10.0. The van der Waals surface area contributed by atoms with Crippen LogP contribution in [0.4, 0.5) is 5.69 Å². The van der Waals surface area contributed by atoms with Crippen LogP contribution in [0.5, 0.6) is 0 Å². The number of rotatable bonds is 5. The van der Waals surface area contributed by atoms with Crippen LogP contribution < -0.4 is 5.32 Å². The minimum absolute atomic E-state index is 0.148. The van der Waals surface area contributed by atoms with Gasteiger partial charge < -0.3 is 15.4 Å². The maximum atomic E-state index is 12.8. The fourth-order valence-electron chi connectivity index (χ4n) is 2.95. The molecule has 1 heterocycles. The van der Waals surface area contributed by atoms with Crippen LogP contribution in [0.3, 0.4) is 0 Å². The Hall–Kier alpha value is -3.12. The summed E-state index contributed by atoms with van der Waals surface area (Å²) in [5.41, 5.74) is 2.12. The highest BCUT2D eigenvalue weighted by atomic mass is 16.4. The number of aromatic nitrogens is 1. The molecule has 2 aromatic carbocycles. The molecular weight excluding hydrogens is 318 g/mol. The molecule has 6 nitrogen and oxygen atoms in total. The third-order valence-corrected chi connectivity index (χ3v) is 4.05. The number of H-pyrrole nitrogens is 1. The molecule has 0 bridgehead atoms. The zero-order valence-corrected chi connectivity index (χ0v) is 14.0. The van der Waals surface area contributed by atoms with Gasteiger partial charge in [0, 0.05) is 22.8 Å². The smallest absolute Gasteiger partial charge is 0.336 e. The van der Waals surface area contributed by atoms with Crippen molar-refractivity contribution in [1.82, 2.24) is 9.88 Å². The van der Waals surface area contributed by atoms with Crippen LogP contribution >= 0.6 is 0 Å². The number of hydrogen-bond donors (Lipinski definition) is 3. The maximum Gasteiger partial charge on any atom is 0.336 e. The number of amides is 1. The van der Waals surface area contributed by atoms with Crippen molar-refractivity contribution in [2.45, 2.75) is 6.04 Å². The van der Waals surface area contributed by atoms with E-state index in [4.69, 9.17) is 0 Å². The average molecular weight is 337 g/mol. The van der Waals surface area contributed by atoms with Crippen molar-refractivity contribution in [3.05, 3.63) is 65.9 Å². The van der Waals surface area contributed by atoms with Gasteiger partial charge in [-0.1, -0.05) is 30.3 Å². The number of carboxylic acid groups (broad SMARTS) is 1. The van der Waals surface area contributed by atoms with E-state index in [1.165, 1.54) is 6.07 Å². The highest BCUT2D eigenvalue weighted by Crippen LogP contribution is 2.25. The molecule has 0 aliphatic heterocycles. The molecule has 0 spiro atoms. The van der Waals surface area contributed by atoms with E-state index in [9.17, 15) is 14.7 Å². The summed E-state index contributed by atoms with van der Waals surface area (Å²) in [7, 11) is 3.65. The lowest BCUT2D eigenvalue weighted by Gasteiger charge is -2.24. The molecule has 25 heavy (non-hydrogen) atoms. The Bertz CT molecular complexity index is 916. The van der Waals surface area contributed by atoms with E-state index in [1.54, 1.807) is 18.3 Å². The number of carbonyl (C=O) groups excluding carboxylic acids is 1. The lowest BCUT2D eigenvalue weighted by molar-refractivity contribution is -0.120. The Morgan fingerprint density at radius 1 is 1.12 bits per heavy atom. The SMILES string of the molecule is CN(C)[C@@H](C(=O)Nc1cc(C(=O)O)c2cc[nH]c2c1)c1ccccc1. The topological polar surface area (TPSA) is 85.4 Å². The second-order valence-electron chi connectivity index (χ2n) is 6.03. The number of carbonyl (C=O) groups is 2. The van der Waals surface area contributed by atoms with Gasteiger partial charge in [0.2, 0.25) is 5.91 Å². The zero-order chi connectivity index (χ0) is 18.0. The standard InChI is InChI=1S/C19H19N3O3/c1-22(2)17(12-6-4-3-5-7-12)18(23)21-13-10-15(19(24)25)14-8-9-20-16(14)11-13/h3-11,17,20H,1-2H3,(H,21,23)(H,24,25)/t17-/m1/s1. The van der Waals surface area contributed by atoms with Crippen molar-refractivity contribution < 1.29 is 14.7 Å². The number of carboxylic acids is 1. The van der Waals surface area contributed by atoms with E-state index >= 15 is 0 Å². The number of benzene rings is 2. The maximum absolute atomic E-state index is 12.8. The summed E-state index contributed by atoms with van der Waals surface area (Å²) in [5, 5.41) is 12.8. The summed E-state index contributed by atoms with van der Waals surface area (Å²) in [5.74, 6) is -1.26. The number of anilines is 1. The Morgan fingerprint density at radius 2 is 1.84 bits per heavy atom. The molecule has 0 saturated carbocycles. The molecule has 3 aromatic rings. The molecule has 0 radical (unpaired) electrons. The minimum Gasteiger partial charge on any atom is -0.478 e. The normalized spacial score (nSPS) is 12.3. The highest BCUT2D eigenvalue weighted by Gasteiger charge is 2.23. The number of fused-ring (bicyclic) bond motifs is 1. The van der Waals surface area contributed by atoms with Gasteiger partial charge in [-0.15, -0.1) is 0 Å². The number of likely N-dealkylation sites (N-methyl/N-ethyl adjacent to an activating group) is 1. The Labute approximate surface area is 145 Å². The number of nitrogens with one attached hydrogen (secondary N) is 2. The summed E-state index contributed by atoms with van der Waals surface area (Å²) < 4.78 is 0. The third-order valence-electron chi connectivity index (χ3n) is 4.05. The van der Waals surface area contributed by atoms with E-state index in [0.717, 1.165) is 5.56 Å². The predicted octanol–water partition coefficient (Wildman–Crippen LogP) is 3.11. The minimum atomic E-state index is -1.03. The summed E-state index contributed by atoms with van der Waals surface area (Å²) in [6.07, 6.45) is 1.68. The van der Waals surface area contributed by atoms with Crippen LogP contribution in [0.1, 0.15) is 22.0 Å². The highest BCUT2D eigenvalue weighted by molar-refractivity contribution is 6.06. The van der Waals surface area contributed by atoms with Gasteiger partial charge in [-0.25, -0.2) is 4.79 Å². The largest absolute Gasteiger partial charge is 0.478 e. The van der Waals surface area contributed by atoms with Gasteiger partial charge in [0.1, 0.15) is 6.04 Å². The van der Waals surface area contributed by atoms with Crippen LogP contribution in [-0.2, 0) is 4.79 Å². The van der Waals surface area contributed by atoms with Gasteiger partial charge in [-0.05, 0) is 37.9 Å². The van der Waals surface area contributed by atoms with Crippen molar-refractivity contribution >= 4 is 28.5 Å². The first-order valence-electron chi connectivity index (χ1n) is 7.84. The summed E-state index contributed by atoms with van der Waals surface area (Å²) >= 11 is 0. The first-order chi connectivity index (χ1) is 12.0.